The topological polar surface area (TPSA) is 56.0 Å². The Kier molecular flexibility index (Phi) is 4.34. The summed E-state index contributed by atoms with van der Waals surface area (Å²) in [5, 5.41) is 21.5. The number of rotatable bonds is 4. The number of phenolic OH excluding ortho intramolecular Hbond substituents is 1. The lowest BCUT2D eigenvalue weighted by Crippen LogP contribution is -2.18. The van der Waals surface area contributed by atoms with Crippen LogP contribution in [0, 0.1) is 17.1 Å². The van der Waals surface area contributed by atoms with E-state index in [2.05, 4.69) is 5.32 Å². The molecule has 2 N–H and O–H groups in total. The molecular formula is C16H15FN2O. The first-order chi connectivity index (χ1) is 9.60. The van der Waals surface area contributed by atoms with Crippen LogP contribution in [0.2, 0.25) is 0 Å². The average molecular weight is 270 g/mol. The first kappa shape index (κ1) is 14.0. The Morgan fingerprint density at radius 2 is 2.10 bits per heavy atom. The normalized spacial score (nSPS) is 11.8. The highest BCUT2D eigenvalue weighted by atomic mass is 19.1. The summed E-state index contributed by atoms with van der Waals surface area (Å²) in [5.74, 6) is -0.276. The standard InChI is InChI=1S/C16H15FN2O/c1-11(13-3-2-4-15(20)8-13)19-10-12-5-6-16(17)14(7-12)9-18/h2-8,11,19-20H,10H2,1H3/t11-/m0/s1. The second-order valence-corrected chi connectivity index (χ2v) is 4.62. The molecule has 0 spiro atoms. The minimum absolute atomic E-state index is 0.0395. The molecule has 0 heterocycles. The molecule has 2 aromatic carbocycles. The van der Waals surface area contributed by atoms with Crippen molar-refractivity contribution in [1.29, 1.82) is 5.26 Å². The Balaban J connectivity index is 2.04. The largest absolute Gasteiger partial charge is 0.508 e. The Morgan fingerprint density at radius 1 is 1.30 bits per heavy atom. The zero-order valence-electron chi connectivity index (χ0n) is 11.1. The van der Waals surface area contributed by atoms with Crippen molar-refractivity contribution in [2.24, 2.45) is 0 Å². The summed E-state index contributed by atoms with van der Waals surface area (Å²) < 4.78 is 13.2. The number of nitrogens with zero attached hydrogens (tertiary/aromatic N) is 1. The molecular weight excluding hydrogens is 255 g/mol. The summed E-state index contributed by atoms with van der Waals surface area (Å²) in [4.78, 5) is 0. The van der Waals surface area contributed by atoms with Crippen LogP contribution in [0.15, 0.2) is 42.5 Å². The molecule has 1 atom stereocenters. The molecule has 0 aliphatic rings. The molecule has 2 aromatic rings. The Labute approximate surface area is 117 Å². The van der Waals surface area contributed by atoms with Crippen molar-refractivity contribution in [3.63, 3.8) is 0 Å². The molecule has 0 bridgehead atoms. The van der Waals surface area contributed by atoms with Gasteiger partial charge in [-0.1, -0.05) is 18.2 Å². The van der Waals surface area contributed by atoms with Crippen LogP contribution >= 0.6 is 0 Å². The zero-order valence-corrected chi connectivity index (χ0v) is 11.1. The number of nitrogens with one attached hydrogen (secondary N) is 1. The Hall–Kier alpha value is -2.38. The van der Waals surface area contributed by atoms with E-state index in [0.717, 1.165) is 11.1 Å². The zero-order chi connectivity index (χ0) is 14.5. The molecule has 0 aliphatic carbocycles. The van der Waals surface area contributed by atoms with E-state index in [9.17, 15) is 9.50 Å². The predicted molar refractivity (Wildman–Crippen MR) is 74.5 cm³/mol. The first-order valence-electron chi connectivity index (χ1n) is 6.31. The summed E-state index contributed by atoms with van der Waals surface area (Å²) in [6.07, 6.45) is 0. The molecule has 3 nitrogen and oxygen atoms in total. The Morgan fingerprint density at radius 3 is 2.80 bits per heavy atom. The summed E-state index contributed by atoms with van der Waals surface area (Å²) in [6.45, 7) is 2.50. The summed E-state index contributed by atoms with van der Waals surface area (Å²) in [6, 6.07) is 13.4. The van der Waals surface area contributed by atoms with Crippen LogP contribution in [0.1, 0.15) is 29.7 Å². The smallest absolute Gasteiger partial charge is 0.140 e. The second-order valence-electron chi connectivity index (χ2n) is 4.62. The number of hydrogen-bond acceptors (Lipinski definition) is 3. The molecule has 0 aromatic heterocycles. The summed E-state index contributed by atoms with van der Waals surface area (Å²) >= 11 is 0. The van der Waals surface area contributed by atoms with Crippen LogP contribution in [0.25, 0.3) is 0 Å². The van der Waals surface area contributed by atoms with Crippen LogP contribution in [-0.2, 0) is 6.54 Å². The fraction of sp³-hybridized carbons (Fsp3) is 0.188. The van der Waals surface area contributed by atoms with Crippen LogP contribution in [0.5, 0.6) is 5.75 Å². The van der Waals surface area contributed by atoms with Gasteiger partial charge in [-0.25, -0.2) is 4.39 Å². The van der Waals surface area contributed by atoms with Gasteiger partial charge in [-0.15, -0.1) is 0 Å². The number of halogens is 1. The lowest BCUT2D eigenvalue weighted by atomic mass is 10.1. The molecule has 0 amide bonds. The molecule has 0 unspecified atom stereocenters. The fourth-order valence-corrected chi connectivity index (χ4v) is 1.95. The molecule has 20 heavy (non-hydrogen) atoms. The SMILES string of the molecule is C[C@H](NCc1ccc(F)c(C#N)c1)c1cccc(O)c1. The monoisotopic (exact) mass is 270 g/mol. The summed E-state index contributed by atoms with van der Waals surface area (Å²) in [5.41, 5.74) is 1.86. The Bertz CT molecular complexity index is 649. The van der Waals surface area contributed by atoms with Crippen molar-refractivity contribution >= 4 is 0 Å². The van der Waals surface area contributed by atoms with Crippen molar-refractivity contribution in [3.05, 3.63) is 65.0 Å². The number of hydrogen-bond donors (Lipinski definition) is 2. The van der Waals surface area contributed by atoms with Crippen molar-refractivity contribution < 1.29 is 9.50 Å². The number of phenols is 1. The van der Waals surface area contributed by atoms with E-state index in [-0.39, 0.29) is 17.4 Å². The van der Waals surface area contributed by atoms with Gasteiger partial charge in [0.05, 0.1) is 5.56 Å². The van der Waals surface area contributed by atoms with Gasteiger partial charge in [0.15, 0.2) is 0 Å². The molecule has 2 rings (SSSR count). The van der Waals surface area contributed by atoms with E-state index >= 15 is 0 Å². The van der Waals surface area contributed by atoms with E-state index in [1.54, 1.807) is 24.3 Å². The lowest BCUT2D eigenvalue weighted by Gasteiger charge is -2.14. The quantitative estimate of drug-likeness (QED) is 0.896. The van der Waals surface area contributed by atoms with E-state index in [0.29, 0.717) is 6.54 Å². The van der Waals surface area contributed by atoms with Crippen molar-refractivity contribution in [1.82, 2.24) is 5.32 Å². The maximum Gasteiger partial charge on any atom is 0.140 e. The molecule has 4 heteroatoms. The molecule has 0 aliphatic heterocycles. The van der Waals surface area contributed by atoms with Gasteiger partial charge in [0, 0.05) is 12.6 Å². The van der Waals surface area contributed by atoms with Crippen LogP contribution in [0.3, 0.4) is 0 Å². The maximum absolute atomic E-state index is 13.2. The van der Waals surface area contributed by atoms with E-state index in [4.69, 9.17) is 5.26 Å². The average Bonchev–Trinajstić information content (AvgIpc) is 2.46. The lowest BCUT2D eigenvalue weighted by molar-refractivity contribution is 0.472. The summed E-state index contributed by atoms with van der Waals surface area (Å²) in [7, 11) is 0. The van der Waals surface area contributed by atoms with Crippen LogP contribution in [0.4, 0.5) is 4.39 Å². The first-order valence-corrected chi connectivity index (χ1v) is 6.31. The predicted octanol–water partition coefficient (Wildman–Crippen LogP) is 3.25. The highest BCUT2D eigenvalue weighted by molar-refractivity contribution is 5.34. The maximum atomic E-state index is 13.2. The minimum Gasteiger partial charge on any atom is -0.508 e. The third kappa shape index (κ3) is 3.34. The van der Waals surface area contributed by atoms with E-state index < -0.39 is 5.82 Å². The van der Waals surface area contributed by atoms with E-state index in [1.165, 1.54) is 12.1 Å². The highest BCUT2D eigenvalue weighted by Gasteiger charge is 2.07. The molecule has 0 radical (unpaired) electrons. The third-order valence-electron chi connectivity index (χ3n) is 3.13. The molecule has 0 saturated heterocycles. The molecule has 0 fully saturated rings. The van der Waals surface area contributed by atoms with Gasteiger partial charge in [-0.05, 0) is 42.3 Å². The van der Waals surface area contributed by atoms with Gasteiger partial charge < -0.3 is 10.4 Å². The van der Waals surface area contributed by atoms with Gasteiger partial charge in [-0.2, -0.15) is 5.26 Å². The number of benzene rings is 2. The third-order valence-corrected chi connectivity index (χ3v) is 3.13. The molecule has 102 valence electrons. The van der Waals surface area contributed by atoms with Gasteiger partial charge in [0.1, 0.15) is 17.6 Å². The van der Waals surface area contributed by atoms with Crippen molar-refractivity contribution in [2.45, 2.75) is 19.5 Å². The van der Waals surface area contributed by atoms with Crippen molar-refractivity contribution in [3.8, 4) is 11.8 Å². The second kappa shape index (κ2) is 6.18. The number of nitriles is 1. The van der Waals surface area contributed by atoms with Gasteiger partial charge in [0.2, 0.25) is 0 Å². The molecule has 0 saturated carbocycles. The van der Waals surface area contributed by atoms with Gasteiger partial charge >= 0.3 is 0 Å². The van der Waals surface area contributed by atoms with Crippen LogP contribution < -0.4 is 5.32 Å². The van der Waals surface area contributed by atoms with Crippen LogP contribution in [-0.4, -0.2) is 5.11 Å². The van der Waals surface area contributed by atoms with Gasteiger partial charge in [0.25, 0.3) is 0 Å². The fourth-order valence-electron chi connectivity index (χ4n) is 1.95. The van der Waals surface area contributed by atoms with Crippen molar-refractivity contribution in [2.75, 3.05) is 0 Å². The number of aromatic hydroxyl groups is 1. The highest BCUT2D eigenvalue weighted by Crippen LogP contribution is 2.18. The minimum atomic E-state index is -0.503. The van der Waals surface area contributed by atoms with Gasteiger partial charge in [-0.3, -0.25) is 0 Å². The van der Waals surface area contributed by atoms with E-state index in [1.807, 2.05) is 19.1 Å².